The molecule has 0 unspecified atom stereocenters. The second-order valence-corrected chi connectivity index (χ2v) is 4.33. The Morgan fingerprint density at radius 3 is 2.60 bits per heavy atom. The first kappa shape index (κ1) is 12.4. The Morgan fingerprint density at radius 1 is 1.05 bits per heavy atom. The van der Waals surface area contributed by atoms with Gasteiger partial charge >= 0.3 is 0 Å². The summed E-state index contributed by atoms with van der Waals surface area (Å²) in [5.74, 6) is 1.11. The van der Waals surface area contributed by atoms with Crippen molar-refractivity contribution in [3.63, 3.8) is 0 Å². The number of hydrogen-bond donors (Lipinski definition) is 1. The van der Waals surface area contributed by atoms with E-state index in [1.54, 1.807) is 31.6 Å². The van der Waals surface area contributed by atoms with Crippen molar-refractivity contribution < 1.29 is 9.13 Å². The molecule has 3 aromatic rings. The van der Waals surface area contributed by atoms with Crippen molar-refractivity contribution >= 4 is 0 Å². The standard InChI is InChI=1S/C16H13FN2O/c1-20-11-6-7-13(16-18-8-9-19-16)14(10-11)12-4-2-3-5-15(12)17/h2-10H,1H3,(H,18,19). The van der Waals surface area contributed by atoms with Crippen LogP contribution in [0.5, 0.6) is 5.75 Å². The molecule has 0 radical (unpaired) electrons. The largest absolute Gasteiger partial charge is 0.497 e. The summed E-state index contributed by atoms with van der Waals surface area (Å²) >= 11 is 0. The summed E-state index contributed by atoms with van der Waals surface area (Å²) in [6.45, 7) is 0. The summed E-state index contributed by atoms with van der Waals surface area (Å²) in [5.41, 5.74) is 2.11. The third-order valence-electron chi connectivity index (χ3n) is 3.14. The summed E-state index contributed by atoms with van der Waals surface area (Å²) in [5, 5.41) is 0. The van der Waals surface area contributed by atoms with Crippen LogP contribution in [0.4, 0.5) is 4.39 Å². The number of benzene rings is 2. The second kappa shape index (κ2) is 5.17. The Bertz CT molecular complexity index is 723. The van der Waals surface area contributed by atoms with E-state index in [0.717, 1.165) is 11.1 Å². The van der Waals surface area contributed by atoms with Crippen LogP contribution >= 0.6 is 0 Å². The number of aromatic nitrogens is 2. The Hall–Kier alpha value is -2.62. The van der Waals surface area contributed by atoms with E-state index in [0.29, 0.717) is 17.1 Å². The number of aromatic amines is 1. The topological polar surface area (TPSA) is 37.9 Å². The van der Waals surface area contributed by atoms with E-state index in [4.69, 9.17) is 4.74 Å². The highest BCUT2D eigenvalue weighted by Crippen LogP contribution is 2.34. The molecular weight excluding hydrogens is 255 g/mol. The molecule has 0 saturated carbocycles. The smallest absolute Gasteiger partial charge is 0.137 e. The number of methoxy groups -OCH3 is 1. The predicted molar refractivity (Wildman–Crippen MR) is 76.0 cm³/mol. The Labute approximate surface area is 116 Å². The maximum atomic E-state index is 14.1. The van der Waals surface area contributed by atoms with Crippen molar-refractivity contribution in [1.29, 1.82) is 0 Å². The monoisotopic (exact) mass is 268 g/mol. The van der Waals surface area contributed by atoms with Gasteiger partial charge in [-0.1, -0.05) is 18.2 Å². The first-order valence-electron chi connectivity index (χ1n) is 6.22. The number of halogens is 1. The van der Waals surface area contributed by atoms with E-state index in [1.165, 1.54) is 6.07 Å². The van der Waals surface area contributed by atoms with Crippen LogP contribution in [0.3, 0.4) is 0 Å². The van der Waals surface area contributed by atoms with Gasteiger partial charge in [0.2, 0.25) is 0 Å². The van der Waals surface area contributed by atoms with E-state index in [9.17, 15) is 4.39 Å². The molecule has 1 heterocycles. The summed E-state index contributed by atoms with van der Waals surface area (Å²) in [7, 11) is 1.59. The van der Waals surface area contributed by atoms with Gasteiger partial charge in [-0.05, 0) is 29.8 Å². The summed E-state index contributed by atoms with van der Waals surface area (Å²) < 4.78 is 19.3. The molecule has 2 aromatic carbocycles. The van der Waals surface area contributed by atoms with Crippen molar-refractivity contribution in [3.05, 3.63) is 60.7 Å². The lowest BCUT2D eigenvalue weighted by Gasteiger charge is -2.11. The molecule has 0 aliphatic heterocycles. The molecule has 4 heteroatoms. The number of imidazole rings is 1. The molecule has 0 aliphatic carbocycles. The first-order chi connectivity index (χ1) is 9.79. The van der Waals surface area contributed by atoms with Crippen molar-refractivity contribution in [2.24, 2.45) is 0 Å². The van der Waals surface area contributed by atoms with Gasteiger partial charge in [-0.3, -0.25) is 0 Å². The summed E-state index contributed by atoms with van der Waals surface area (Å²) in [6, 6.07) is 12.2. The van der Waals surface area contributed by atoms with Gasteiger partial charge in [0.25, 0.3) is 0 Å². The van der Waals surface area contributed by atoms with Gasteiger partial charge in [-0.25, -0.2) is 9.37 Å². The predicted octanol–water partition coefficient (Wildman–Crippen LogP) is 3.89. The highest BCUT2D eigenvalue weighted by molar-refractivity contribution is 5.82. The molecule has 0 fully saturated rings. The molecule has 0 saturated heterocycles. The fourth-order valence-corrected chi connectivity index (χ4v) is 2.17. The number of rotatable bonds is 3. The van der Waals surface area contributed by atoms with Crippen molar-refractivity contribution in [2.75, 3.05) is 7.11 Å². The molecule has 3 nitrogen and oxygen atoms in total. The van der Waals surface area contributed by atoms with Crippen LogP contribution in [0.25, 0.3) is 22.5 Å². The maximum absolute atomic E-state index is 14.1. The third kappa shape index (κ3) is 2.16. The fraction of sp³-hybridized carbons (Fsp3) is 0.0625. The molecule has 0 aliphatic rings. The van der Waals surface area contributed by atoms with Crippen LogP contribution < -0.4 is 4.74 Å². The highest BCUT2D eigenvalue weighted by atomic mass is 19.1. The normalized spacial score (nSPS) is 10.5. The molecule has 1 aromatic heterocycles. The molecule has 0 amide bonds. The zero-order valence-corrected chi connectivity index (χ0v) is 10.9. The number of H-pyrrole nitrogens is 1. The van der Waals surface area contributed by atoms with E-state index in [-0.39, 0.29) is 5.82 Å². The lowest BCUT2D eigenvalue weighted by atomic mass is 9.98. The first-order valence-corrected chi connectivity index (χ1v) is 6.22. The van der Waals surface area contributed by atoms with Crippen LogP contribution in [-0.4, -0.2) is 17.1 Å². The number of nitrogens with zero attached hydrogens (tertiary/aromatic N) is 1. The lowest BCUT2D eigenvalue weighted by Crippen LogP contribution is -1.92. The zero-order chi connectivity index (χ0) is 13.9. The van der Waals surface area contributed by atoms with Crippen LogP contribution in [0, 0.1) is 5.82 Å². The quantitative estimate of drug-likeness (QED) is 0.782. The zero-order valence-electron chi connectivity index (χ0n) is 10.9. The number of hydrogen-bond acceptors (Lipinski definition) is 2. The molecule has 100 valence electrons. The second-order valence-electron chi connectivity index (χ2n) is 4.33. The minimum absolute atomic E-state index is 0.270. The molecule has 3 rings (SSSR count). The van der Waals surface area contributed by atoms with Gasteiger partial charge < -0.3 is 9.72 Å². The van der Waals surface area contributed by atoms with Gasteiger partial charge in [0.15, 0.2) is 0 Å². The maximum Gasteiger partial charge on any atom is 0.137 e. The van der Waals surface area contributed by atoms with E-state index in [1.807, 2.05) is 24.3 Å². The van der Waals surface area contributed by atoms with Gasteiger partial charge in [0.1, 0.15) is 17.4 Å². The van der Waals surface area contributed by atoms with Gasteiger partial charge in [0, 0.05) is 23.5 Å². The Kier molecular flexibility index (Phi) is 3.21. The number of nitrogens with one attached hydrogen (secondary N) is 1. The van der Waals surface area contributed by atoms with Crippen LogP contribution in [-0.2, 0) is 0 Å². The Morgan fingerprint density at radius 2 is 1.90 bits per heavy atom. The summed E-state index contributed by atoms with van der Waals surface area (Å²) in [6.07, 6.45) is 3.41. The van der Waals surface area contributed by atoms with Crippen LogP contribution in [0.15, 0.2) is 54.9 Å². The fourth-order valence-electron chi connectivity index (χ4n) is 2.17. The van der Waals surface area contributed by atoms with E-state index < -0.39 is 0 Å². The number of ether oxygens (including phenoxy) is 1. The molecule has 1 N–H and O–H groups in total. The van der Waals surface area contributed by atoms with Crippen molar-refractivity contribution in [2.45, 2.75) is 0 Å². The minimum atomic E-state index is -0.270. The molecule has 0 atom stereocenters. The van der Waals surface area contributed by atoms with Crippen LogP contribution in [0.1, 0.15) is 0 Å². The third-order valence-corrected chi connectivity index (χ3v) is 3.14. The Balaban J connectivity index is 2.24. The average molecular weight is 268 g/mol. The SMILES string of the molecule is COc1ccc(-c2ncc[nH]2)c(-c2ccccc2F)c1. The summed E-state index contributed by atoms with van der Waals surface area (Å²) in [4.78, 5) is 7.29. The average Bonchev–Trinajstić information content (AvgIpc) is 3.01. The minimum Gasteiger partial charge on any atom is -0.497 e. The molecule has 20 heavy (non-hydrogen) atoms. The van der Waals surface area contributed by atoms with E-state index in [2.05, 4.69) is 9.97 Å². The van der Waals surface area contributed by atoms with Gasteiger partial charge in [-0.2, -0.15) is 0 Å². The molecule has 0 bridgehead atoms. The van der Waals surface area contributed by atoms with Gasteiger partial charge in [-0.15, -0.1) is 0 Å². The lowest BCUT2D eigenvalue weighted by molar-refractivity contribution is 0.415. The van der Waals surface area contributed by atoms with Crippen LogP contribution in [0.2, 0.25) is 0 Å². The van der Waals surface area contributed by atoms with E-state index >= 15 is 0 Å². The molecule has 0 spiro atoms. The van der Waals surface area contributed by atoms with Gasteiger partial charge in [0.05, 0.1) is 7.11 Å². The van der Waals surface area contributed by atoms with Crippen molar-refractivity contribution in [1.82, 2.24) is 9.97 Å². The molecular formula is C16H13FN2O. The van der Waals surface area contributed by atoms with Crippen molar-refractivity contribution in [3.8, 4) is 28.3 Å². The highest BCUT2D eigenvalue weighted by Gasteiger charge is 2.13.